The molecule has 0 aliphatic carbocycles. The van der Waals surface area contributed by atoms with Gasteiger partial charge in [0.05, 0.1) is 12.3 Å². The molecule has 2 atom stereocenters. The largest absolute Gasteiger partial charge is 0.373 e. The molecule has 5 nitrogen and oxygen atoms in total. The van der Waals surface area contributed by atoms with Crippen molar-refractivity contribution in [3.05, 3.63) is 48.0 Å². The van der Waals surface area contributed by atoms with E-state index in [0.29, 0.717) is 5.92 Å². The first-order valence-corrected chi connectivity index (χ1v) is 7.60. The third kappa shape index (κ3) is 3.49. The Labute approximate surface area is 125 Å². The van der Waals surface area contributed by atoms with Gasteiger partial charge in [-0.3, -0.25) is 9.67 Å². The first-order chi connectivity index (χ1) is 10.4. The van der Waals surface area contributed by atoms with Crippen LogP contribution in [0.3, 0.4) is 0 Å². The molecule has 0 spiro atoms. The van der Waals surface area contributed by atoms with Crippen LogP contribution in [0.2, 0.25) is 0 Å². The van der Waals surface area contributed by atoms with Crippen LogP contribution >= 0.6 is 0 Å². The lowest BCUT2D eigenvalue weighted by molar-refractivity contribution is 0.0904. The zero-order valence-corrected chi connectivity index (χ0v) is 12.4. The van der Waals surface area contributed by atoms with E-state index in [1.165, 1.54) is 11.1 Å². The Kier molecular flexibility index (Phi) is 4.62. The number of aryl methyl sites for hydroxylation is 1. The molecule has 0 saturated carbocycles. The maximum absolute atomic E-state index is 5.91. The maximum atomic E-state index is 5.91. The van der Waals surface area contributed by atoms with E-state index in [0.717, 1.165) is 32.7 Å². The van der Waals surface area contributed by atoms with Gasteiger partial charge >= 0.3 is 0 Å². The summed E-state index contributed by atoms with van der Waals surface area (Å²) in [7, 11) is 0. The molecule has 21 heavy (non-hydrogen) atoms. The summed E-state index contributed by atoms with van der Waals surface area (Å²) in [6.45, 7) is 5.64. The molecule has 1 aliphatic rings. The van der Waals surface area contributed by atoms with Crippen LogP contribution in [0.5, 0.6) is 0 Å². The minimum atomic E-state index is 0.173. The molecule has 5 heteroatoms. The second kappa shape index (κ2) is 6.83. The zero-order chi connectivity index (χ0) is 14.5. The first kappa shape index (κ1) is 14.2. The fourth-order valence-corrected chi connectivity index (χ4v) is 2.82. The topological polar surface area (TPSA) is 52.0 Å². The van der Waals surface area contributed by atoms with Crippen molar-refractivity contribution in [2.24, 2.45) is 5.92 Å². The summed E-state index contributed by atoms with van der Waals surface area (Å²) < 4.78 is 7.86. The Morgan fingerprint density at radius 2 is 2.38 bits per heavy atom. The number of ether oxygens (including phenoxy) is 1. The van der Waals surface area contributed by atoms with Crippen molar-refractivity contribution >= 4 is 0 Å². The number of nitrogens with zero attached hydrogens (tertiary/aromatic N) is 3. The zero-order valence-electron chi connectivity index (χ0n) is 12.4. The van der Waals surface area contributed by atoms with Gasteiger partial charge in [0, 0.05) is 56.3 Å². The van der Waals surface area contributed by atoms with Crippen LogP contribution in [0.1, 0.15) is 30.6 Å². The van der Waals surface area contributed by atoms with Gasteiger partial charge in [-0.05, 0) is 25.0 Å². The van der Waals surface area contributed by atoms with Crippen LogP contribution in [-0.4, -0.2) is 27.9 Å². The van der Waals surface area contributed by atoms with Crippen LogP contribution in [0.25, 0.3) is 0 Å². The maximum Gasteiger partial charge on any atom is 0.0896 e. The van der Waals surface area contributed by atoms with Crippen LogP contribution in [-0.2, 0) is 17.8 Å². The summed E-state index contributed by atoms with van der Waals surface area (Å²) in [5, 5.41) is 7.87. The second-order valence-electron chi connectivity index (χ2n) is 5.46. The minimum Gasteiger partial charge on any atom is -0.373 e. The molecule has 1 saturated heterocycles. The van der Waals surface area contributed by atoms with Crippen molar-refractivity contribution in [3.8, 4) is 0 Å². The number of hydrogen-bond acceptors (Lipinski definition) is 4. The minimum absolute atomic E-state index is 0.173. The molecular weight excluding hydrogens is 264 g/mol. The molecule has 0 aromatic carbocycles. The normalized spacial score (nSPS) is 21.8. The molecule has 3 rings (SSSR count). The van der Waals surface area contributed by atoms with Gasteiger partial charge in [0.2, 0.25) is 0 Å². The van der Waals surface area contributed by atoms with E-state index in [9.17, 15) is 0 Å². The Bertz CT molecular complexity index is 554. The van der Waals surface area contributed by atoms with Gasteiger partial charge in [-0.15, -0.1) is 0 Å². The highest BCUT2D eigenvalue weighted by Gasteiger charge is 2.30. The van der Waals surface area contributed by atoms with Crippen molar-refractivity contribution in [1.29, 1.82) is 0 Å². The van der Waals surface area contributed by atoms with Gasteiger partial charge in [0.15, 0.2) is 0 Å². The lowest BCUT2D eigenvalue weighted by Crippen LogP contribution is -2.24. The Balaban J connectivity index is 1.54. The molecule has 1 aliphatic heterocycles. The van der Waals surface area contributed by atoms with E-state index < -0.39 is 0 Å². The van der Waals surface area contributed by atoms with Gasteiger partial charge in [-0.1, -0.05) is 6.07 Å². The smallest absolute Gasteiger partial charge is 0.0896 e. The molecule has 2 unspecified atom stereocenters. The van der Waals surface area contributed by atoms with Crippen molar-refractivity contribution in [1.82, 2.24) is 20.1 Å². The van der Waals surface area contributed by atoms with E-state index in [1.54, 1.807) is 6.20 Å². The van der Waals surface area contributed by atoms with Crippen molar-refractivity contribution in [2.75, 3.05) is 13.2 Å². The highest BCUT2D eigenvalue weighted by molar-refractivity contribution is 5.12. The van der Waals surface area contributed by atoms with Crippen molar-refractivity contribution in [2.45, 2.75) is 32.5 Å². The molecule has 3 heterocycles. The van der Waals surface area contributed by atoms with Gasteiger partial charge in [0.1, 0.15) is 0 Å². The summed E-state index contributed by atoms with van der Waals surface area (Å²) in [5.41, 5.74) is 2.41. The van der Waals surface area contributed by atoms with Crippen molar-refractivity contribution < 1.29 is 4.74 Å². The highest BCUT2D eigenvalue weighted by Crippen LogP contribution is 2.33. The fraction of sp³-hybridized carbons (Fsp3) is 0.500. The third-order valence-corrected chi connectivity index (χ3v) is 3.98. The molecule has 2 aromatic rings. The van der Waals surface area contributed by atoms with Crippen LogP contribution in [0.4, 0.5) is 0 Å². The summed E-state index contributed by atoms with van der Waals surface area (Å²) in [6, 6.07) is 4.06. The monoisotopic (exact) mass is 286 g/mol. The molecule has 0 radical (unpaired) electrons. The molecular formula is C16H22N4O. The number of pyridine rings is 1. The van der Waals surface area contributed by atoms with E-state index >= 15 is 0 Å². The average molecular weight is 286 g/mol. The highest BCUT2D eigenvalue weighted by atomic mass is 16.5. The number of aromatic nitrogens is 3. The Morgan fingerprint density at radius 1 is 1.43 bits per heavy atom. The molecule has 0 bridgehead atoms. The summed E-state index contributed by atoms with van der Waals surface area (Å²) in [6.07, 6.45) is 9.02. The predicted molar refractivity (Wildman–Crippen MR) is 80.6 cm³/mol. The molecule has 0 amide bonds. The van der Waals surface area contributed by atoms with Gasteiger partial charge in [0.25, 0.3) is 0 Å². The van der Waals surface area contributed by atoms with Crippen LogP contribution < -0.4 is 5.32 Å². The Hall–Kier alpha value is -1.72. The molecule has 2 aromatic heterocycles. The van der Waals surface area contributed by atoms with Crippen LogP contribution in [0, 0.1) is 5.92 Å². The standard InChI is InChI=1S/C16H22N4O/c1-2-20-12-15(11-19-20)16-14(5-7-21-16)10-18-9-13-4-3-6-17-8-13/h3-4,6,8,11-12,14,16,18H,2,5,7,9-10H2,1H3. The van der Waals surface area contributed by atoms with E-state index in [-0.39, 0.29) is 6.10 Å². The van der Waals surface area contributed by atoms with E-state index in [1.807, 2.05) is 23.1 Å². The van der Waals surface area contributed by atoms with Gasteiger partial charge in [-0.25, -0.2) is 0 Å². The van der Waals surface area contributed by atoms with Crippen LogP contribution in [0.15, 0.2) is 36.9 Å². The first-order valence-electron chi connectivity index (χ1n) is 7.60. The molecule has 1 N–H and O–H groups in total. The Morgan fingerprint density at radius 3 is 3.14 bits per heavy atom. The third-order valence-electron chi connectivity index (χ3n) is 3.98. The predicted octanol–water partition coefficient (Wildman–Crippen LogP) is 2.17. The average Bonchev–Trinajstić information content (AvgIpc) is 3.16. The van der Waals surface area contributed by atoms with Gasteiger partial charge in [-0.2, -0.15) is 5.10 Å². The SMILES string of the molecule is CCn1cc(C2OCCC2CNCc2cccnc2)cn1. The fourth-order valence-electron chi connectivity index (χ4n) is 2.82. The summed E-state index contributed by atoms with van der Waals surface area (Å²) in [5.74, 6) is 0.510. The van der Waals surface area contributed by atoms with Gasteiger partial charge < -0.3 is 10.1 Å². The number of nitrogens with one attached hydrogen (secondary N) is 1. The lowest BCUT2D eigenvalue weighted by Gasteiger charge is -2.17. The lowest BCUT2D eigenvalue weighted by atomic mass is 9.97. The number of rotatable bonds is 6. The van der Waals surface area contributed by atoms with Crippen molar-refractivity contribution in [3.63, 3.8) is 0 Å². The van der Waals surface area contributed by atoms with E-state index in [4.69, 9.17) is 4.74 Å². The number of hydrogen-bond donors (Lipinski definition) is 1. The summed E-state index contributed by atoms with van der Waals surface area (Å²) >= 11 is 0. The van der Waals surface area contributed by atoms with E-state index in [2.05, 4.69) is 34.6 Å². The quantitative estimate of drug-likeness (QED) is 0.884. The molecule has 1 fully saturated rings. The summed E-state index contributed by atoms with van der Waals surface area (Å²) in [4.78, 5) is 4.13. The second-order valence-corrected chi connectivity index (χ2v) is 5.46. The molecule has 112 valence electrons.